The van der Waals surface area contributed by atoms with Crippen LogP contribution in [0.15, 0.2) is 0 Å². The third-order valence-corrected chi connectivity index (χ3v) is 0.528. The molecule has 13 heavy (non-hydrogen) atoms. The zero-order chi connectivity index (χ0) is 11.3. The van der Waals surface area contributed by atoms with Gasteiger partial charge in [0.2, 0.25) is 0 Å². The maximum absolute atomic E-state index is 8.11. The zero-order valence-electron chi connectivity index (χ0n) is 8.51. The molecule has 0 aliphatic heterocycles. The zero-order valence-corrected chi connectivity index (χ0v) is 8.51. The van der Waals surface area contributed by atoms with Crippen molar-refractivity contribution in [2.24, 2.45) is 0 Å². The Balaban J connectivity index is -0.000000120. The molecule has 0 saturated carbocycles. The highest BCUT2D eigenvalue weighted by Gasteiger charge is 1.83. The molecule has 0 radical (unpaired) electrons. The second kappa shape index (κ2) is 17.8. The van der Waals surface area contributed by atoms with Gasteiger partial charge in [0.25, 0.3) is 0 Å². The van der Waals surface area contributed by atoms with Crippen molar-refractivity contribution in [3.05, 3.63) is 0 Å². The molecular weight excluding hydrogens is 176 g/mol. The number of aliphatic hydroxyl groups excluding tert-OH is 5. The van der Waals surface area contributed by atoms with Crippen LogP contribution in [0.25, 0.3) is 0 Å². The summed E-state index contributed by atoms with van der Waals surface area (Å²) in [5.74, 6) is 0. The summed E-state index contributed by atoms with van der Waals surface area (Å²) < 4.78 is 0. The van der Waals surface area contributed by atoms with Crippen LogP contribution in [0.5, 0.6) is 0 Å². The normalized spacial score (nSPS) is 12.9. The van der Waals surface area contributed by atoms with Crippen LogP contribution in [0, 0.1) is 0 Å². The SMILES string of the molecule is CC(O)CO.CC(O)CO.CCO. The molecule has 0 saturated heterocycles. The summed E-state index contributed by atoms with van der Waals surface area (Å²) in [6.45, 7) is 4.71. The highest BCUT2D eigenvalue weighted by atomic mass is 16.3. The Morgan fingerprint density at radius 2 is 0.923 bits per heavy atom. The van der Waals surface area contributed by atoms with Gasteiger partial charge in [-0.05, 0) is 20.8 Å². The fraction of sp³-hybridized carbons (Fsp3) is 1.00. The van der Waals surface area contributed by atoms with Gasteiger partial charge in [-0.25, -0.2) is 0 Å². The van der Waals surface area contributed by atoms with Gasteiger partial charge in [-0.2, -0.15) is 0 Å². The standard InChI is InChI=1S/2C3H8O2.C2H6O/c2*1-3(5)2-4;1-2-3/h2*3-5H,2H2,1H3;3H,2H2,1H3. The van der Waals surface area contributed by atoms with E-state index in [0.717, 1.165) is 0 Å². The number of hydrogen-bond acceptors (Lipinski definition) is 5. The van der Waals surface area contributed by atoms with E-state index in [1.807, 2.05) is 0 Å². The van der Waals surface area contributed by atoms with E-state index in [-0.39, 0.29) is 19.8 Å². The van der Waals surface area contributed by atoms with E-state index in [9.17, 15) is 0 Å². The monoisotopic (exact) mass is 198 g/mol. The Bertz CT molecular complexity index is 57.6. The molecule has 0 aromatic rings. The molecule has 0 bridgehead atoms. The molecule has 2 unspecified atom stereocenters. The molecule has 0 heterocycles. The van der Waals surface area contributed by atoms with Crippen LogP contribution >= 0.6 is 0 Å². The molecule has 0 fully saturated rings. The smallest absolute Gasteiger partial charge is 0.0742 e. The van der Waals surface area contributed by atoms with Crippen LogP contribution in [0.1, 0.15) is 20.8 Å². The van der Waals surface area contributed by atoms with Crippen molar-refractivity contribution in [2.45, 2.75) is 33.0 Å². The Kier molecular flexibility index (Phi) is 25.4. The highest BCUT2D eigenvalue weighted by molar-refractivity contribution is 4.34. The van der Waals surface area contributed by atoms with Gasteiger partial charge in [0, 0.05) is 6.61 Å². The first-order valence-electron chi connectivity index (χ1n) is 4.14. The topological polar surface area (TPSA) is 101 Å². The largest absolute Gasteiger partial charge is 0.397 e. The van der Waals surface area contributed by atoms with Crippen molar-refractivity contribution in [2.75, 3.05) is 19.8 Å². The fourth-order valence-corrected chi connectivity index (χ4v) is 0. The van der Waals surface area contributed by atoms with Gasteiger partial charge in [0.05, 0.1) is 25.4 Å². The van der Waals surface area contributed by atoms with Gasteiger partial charge >= 0.3 is 0 Å². The van der Waals surface area contributed by atoms with E-state index >= 15 is 0 Å². The van der Waals surface area contributed by atoms with Gasteiger partial charge in [-0.3, -0.25) is 0 Å². The molecule has 0 aliphatic carbocycles. The molecule has 0 amide bonds. The average molecular weight is 198 g/mol. The summed E-state index contributed by atoms with van der Waals surface area (Å²) in [7, 11) is 0. The summed E-state index contributed by atoms with van der Waals surface area (Å²) in [4.78, 5) is 0. The minimum Gasteiger partial charge on any atom is -0.397 e. The van der Waals surface area contributed by atoms with Crippen LogP contribution in [0.2, 0.25) is 0 Å². The Hall–Kier alpha value is -0.200. The predicted molar refractivity (Wildman–Crippen MR) is 50.3 cm³/mol. The molecule has 84 valence electrons. The lowest BCUT2D eigenvalue weighted by molar-refractivity contribution is 0.110. The van der Waals surface area contributed by atoms with E-state index in [1.165, 1.54) is 13.8 Å². The summed E-state index contributed by atoms with van der Waals surface area (Å²) in [5.41, 5.74) is 0. The van der Waals surface area contributed by atoms with Crippen molar-refractivity contribution in [1.82, 2.24) is 0 Å². The van der Waals surface area contributed by atoms with Gasteiger partial charge in [-0.15, -0.1) is 0 Å². The van der Waals surface area contributed by atoms with Crippen LogP contribution in [-0.2, 0) is 0 Å². The van der Waals surface area contributed by atoms with Crippen molar-refractivity contribution in [3.63, 3.8) is 0 Å². The maximum Gasteiger partial charge on any atom is 0.0742 e. The molecule has 0 rings (SSSR count). The first kappa shape index (κ1) is 18.6. The van der Waals surface area contributed by atoms with Crippen LogP contribution < -0.4 is 0 Å². The Morgan fingerprint density at radius 1 is 0.846 bits per heavy atom. The van der Waals surface area contributed by atoms with Crippen LogP contribution in [-0.4, -0.2) is 57.6 Å². The van der Waals surface area contributed by atoms with Gasteiger partial charge < -0.3 is 25.5 Å². The molecule has 0 aromatic carbocycles. The molecule has 0 aliphatic rings. The lowest BCUT2D eigenvalue weighted by atomic mass is 10.5. The van der Waals surface area contributed by atoms with Crippen molar-refractivity contribution < 1.29 is 25.5 Å². The maximum atomic E-state index is 8.11. The Labute approximate surface area is 79.3 Å². The lowest BCUT2D eigenvalue weighted by Crippen LogP contribution is -2.03. The minimum absolute atomic E-state index is 0.139. The van der Waals surface area contributed by atoms with Gasteiger partial charge in [0.1, 0.15) is 0 Å². The molecular formula is C8H22O5. The summed E-state index contributed by atoms with van der Waals surface area (Å²) in [6, 6.07) is 0. The number of rotatable bonds is 2. The molecule has 0 spiro atoms. The fourth-order valence-electron chi connectivity index (χ4n) is 0. The first-order chi connectivity index (χ1) is 5.95. The average Bonchev–Trinajstić information content (AvgIpc) is 2.07. The van der Waals surface area contributed by atoms with E-state index < -0.39 is 12.2 Å². The van der Waals surface area contributed by atoms with Crippen molar-refractivity contribution in [1.29, 1.82) is 0 Å². The van der Waals surface area contributed by atoms with Crippen LogP contribution in [0.3, 0.4) is 0 Å². The molecule has 5 nitrogen and oxygen atoms in total. The second-order valence-electron chi connectivity index (χ2n) is 2.38. The van der Waals surface area contributed by atoms with E-state index in [4.69, 9.17) is 25.5 Å². The van der Waals surface area contributed by atoms with Crippen molar-refractivity contribution >= 4 is 0 Å². The molecule has 0 aromatic heterocycles. The molecule has 5 heteroatoms. The summed E-state index contributed by atoms with van der Waals surface area (Å²) >= 11 is 0. The van der Waals surface area contributed by atoms with E-state index in [1.54, 1.807) is 6.92 Å². The van der Waals surface area contributed by atoms with E-state index in [2.05, 4.69) is 0 Å². The quantitative estimate of drug-likeness (QED) is 0.380. The number of aliphatic hydroxyl groups is 5. The van der Waals surface area contributed by atoms with Crippen LogP contribution in [0.4, 0.5) is 0 Å². The summed E-state index contributed by atoms with van der Waals surface area (Å²) in [5, 5.41) is 39.6. The van der Waals surface area contributed by atoms with Gasteiger partial charge in [0.15, 0.2) is 0 Å². The predicted octanol–water partition coefficient (Wildman–Crippen LogP) is -1.28. The van der Waals surface area contributed by atoms with E-state index in [0.29, 0.717) is 0 Å². The molecule has 2 atom stereocenters. The number of hydrogen-bond donors (Lipinski definition) is 5. The third kappa shape index (κ3) is 78.5. The van der Waals surface area contributed by atoms with Crippen molar-refractivity contribution in [3.8, 4) is 0 Å². The highest BCUT2D eigenvalue weighted by Crippen LogP contribution is 1.69. The first-order valence-corrected chi connectivity index (χ1v) is 4.14. The van der Waals surface area contributed by atoms with Gasteiger partial charge in [-0.1, -0.05) is 0 Å². The minimum atomic E-state index is -0.560. The lowest BCUT2D eigenvalue weighted by Gasteiger charge is -1.90. The second-order valence-corrected chi connectivity index (χ2v) is 2.38. The Morgan fingerprint density at radius 3 is 0.923 bits per heavy atom. The molecule has 5 N–H and O–H groups in total. The third-order valence-electron chi connectivity index (χ3n) is 0.528. The summed E-state index contributed by atoms with van der Waals surface area (Å²) in [6.07, 6.45) is -1.12.